The molecule has 3 aromatic rings. The molecule has 1 aliphatic carbocycles. The van der Waals surface area contributed by atoms with Crippen LogP contribution in [0.2, 0.25) is 0 Å². The number of Topliss-reactive ketones (excluding diaryl/α,β-unsaturated/α-hetero) is 2. The van der Waals surface area contributed by atoms with E-state index in [1.165, 1.54) is 55.2 Å². The Morgan fingerprint density at radius 2 is 1.07 bits per heavy atom. The summed E-state index contributed by atoms with van der Waals surface area (Å²) in [5.41, 5.74) is 13.7. The van der Waals surface area contributed by atoms with E-state index in [2.05, 4.69) is 60.1 Å². The molecule has 0 atom stereocenters. The van der Waals surface area contributed by atoms with E-state index in [9.17, 15) is 9.59 Å². The average Bonchev–Trinajstić information content (AvgIpc) is 3.19. The molecule has 0 spiro atoms. The number of benzene rings is 2. The van der Waals surface area contributed by atoms with Gasteiger partial charge in [-0.2, -0.15) is 0 Å². The Morgan fingerprint density at radius 1 is 0.633 bits per heavy atom. The zero-order chi connectivity index (χ0) is 22.2. The molecule has 0 radical (unpaired) electrons. The van der Waals surface area contributed by atoms with Crippen LogP contribution in [-0.4, -0.2) is 16.1 Å². The number of aryl methyl sites for hydroxylation is 5. The first-order valence-corrected chi connectivity index (χ1v) is 10.8. The van der Waals surface area contributed by atoms with E-state index in [4.69, 9.17) is 0 Å². The van der Waals surface area contributed by atoms with E-state index < -0.39 is 0 Å². The summed E-state index contributed by atoms with van der Waals surface area (Å²) in [6.45, 7) is 17.2. The standard InChI is InChI=1S/C27H31NO2/c1-12-13(2)16(5)26-24(14(12)3)25-19(8)22(15(4)17(6)27(25)28(26)9)18(7)23-20(29)10-11-21(23)30/h10-11H2,1-9H3. The number of carbonyl (C=O) groups is 2. The van der Waals surface area contributed by atoms with Crippen LogP contribution in [0.15, 0.2) is 5.57 Å². The molecule has 3 heteroatoms. The maximum absolute atomic E-state index is 12.5. The Kier molecular flexibility index (Phi) is 4.57. The third kappa shape index (κ3) is 2.44. The largest absolute Gasteiger partial charge is 0.343 e. The molecule has 0 saturated heterocycles. The minimum atomic E-state index is -0.00883. The van der Waals surface area contributed by atoms with E-state index in [0.717, 1.165) is 16.7 Å². The van der Waals surface area contributed by atoms with Crippen molar-refractivity contribution in [1.29, 1.82) is 0 Å². The Bertz CT molecular complexity index is 1330. The summed E-state index contributed by atoms with van der Waals surface area (Å²) >= 11 is 0. The van der Waals surface area contributed by atoms with Gasteiger partial charge in [0.05, 0.1) is 16.6 Å². The highest BCUT2D eigenvalue weighted by molar-refractivity contribution is 6.30. The van der Waals surface area contributed by atoms with Crippen molar-refractivity contribution in [3.8, 4) is 0 Å². The molecule has 30 heavy (non-hydrogen) atoms. The highest BCUT2D eigenvalue weighted by Gasteiger charge is 2.30. The maximum Gasteiger partial charge on any atom is 0.167 e. The quantitative estimate of drug-likeness (QED) is 0.360. The summed E-state index contributed by atoms with van der Waals surface area (Å²) in [5.74, 6) is -0.0177. The predicted octanol–water partition coefficient (Wildman–Crippen LogP) is 6.20. The summed E-state index contributed by atoms with van der Waals surface area (Å²) in [4.78, 5) is 25.0. The summed E-state index contributed by atoms with van der Waals surface area (Å²) in [7, 11) is 2.16. The van der Waals surface area contributed by atoms with Crippen molar-refractivity contribution in [1.82, 2.24) is 4.57 Å². The fraction of sp³-hybridized carbons (Fsp3) is 0.407. The van der Waals surface area contributed by atoms with E-state index in [1.807, 2.05) is 6.92 Å². The molecule has 2 aromatic carbocycles. The van der Waals surface area contributed by atoms with Crippen LogP contribution in [0.3, 0.4) is 0 Å². The SMILES string of the molecule is CC(=C1C(=O)CCC1=O)c1c(C)c(C)c2c(c1C)c1c(C)c(C)c(C)c(C)c1n2C. The molecular weight excluding hydrogens is 370 g/mol. The molecule has 0 aliphatic heterocycles. The Hall–Kier alpha value is -2.68. The molecule has 1 heterocycles. The highest BCUT2D eigenvalue weighted by atomic mass is 16.2. The predicted molar refractivity (Wildman–Crippen MR) is 125 cm³/mol. The van der Waals surface area contributed by atoms with Gasteiger partial charge in [0.15, 0.2) is 11.6 Å². The average molecular weight is 402 g/mol. The summed E-state index contributed by atoms with van der Waals surface area (Å²) in [6.07, 6.45) is 0.686. The molecule has 1 fully saturated rings. The monoisotopic (exact) mass is 401 g/mol. The molecule has 0 amide bonds. The molecule has 0 unspecified atom stereocenters. The second-order valence-corrected chi connectivity index (χ2v) is 9.10. The van der Waals surface area contributed by atoms with Gasteiger partial charge in [-0.1, -0.05) is 0 Å². The van der Waals surface area contributed by atoms with Crippen LogP contribution in [0.5, 0.6) is 0 Å². The number of ketones is 2. The van der Waals surface area contributed by atoms with Crippen molar-refractivity contribution in [2.75, 3.05) is 0 Å². The van der Waals surface area contributed by atoms with Crippen molar-refractivity contribution < 1.29 is 9.59 Å². The van der Waals surface area contributed by atoms with E-state index in [-0.39, 0.29) is 11.6 Å². The number of carbonyl (C=O) groups excluding carboxylic acids is 2. The van der Waals surface area contributed by atoms with Gasteiger partial charge in [0.25, 0.3) is 0 Å². The maximum atomic E-state index is 12.5. The normalized spacial score (nSPS) is 14.6. The van der Waals surface area contributed by atoms with Crippen LogP contribution < -0.4 is 0 Å². The van der Waals surface area contributed by atoms with Crippen molar-refractivity contribution in [3.05, 3.63) is 50.1 Å². The van der Waals surface area contributed by atoms with Crippen LogP contribution in [-0.2, 0) is 16.6 Å². The van der Waals surface area contributed by atoms with Crippen LogP contribution in [0.1, 0.15) is 64.3 Å². The van der Waals surface area contributed by atoms with Crippen LogP contribution >= 0.6 is 0 Å². The minimum absolute atomic E-state index is 0.00883. The molecule has 1 saturated carbocycles. The third-order valence-corrected chi connectivity index (χ3v) is 7.74. The zero-order valence-corrected chi connectivity index (χ0v) is 19.7. The van der Waals surface area contributed by atoms with Crippen molar-refractivity contribution >= 4 is 38.9 Å². The minimum Gasteiger partial charge on any atom is -0.343 e. The molecular formula is C27H31NO2. The van der Waals surface area contributed by atoms with Gasteiger partial charge in [0.2, 0.25) is 0 Å². The van der Waals surface area contributed by atoms with E-state index in [0.29, 0.717) is 18.4 Å². The van der Waals surface area contributed by atoms with E-state index >= 15 is 0 Å². The van der Waals surface area contributed by atoms with Gasteiger partial charge in [0, 0.05) is 30.7 Å². The molecule has 156 valence electrons. The van der Waals surface area contributed by atoms with Crippen LogP contribution in [0.4, 0.5) is 0 Å². The van der Waals surface area contributed by atoms with Crippen molar-refractivity contribution in [2.45, 2.75) is 68.2 Å². The number of fused-ring (bicyclic) bond motifs is 3. The molecule has 1 aromatic heterocycles. The van der Waals surface area contributed by atoms with Crippen LogP contribution in [0, 0.1) is 48.5 Å². The molecule has 1 aliphatic rings. The number of hydrogen-bond donors (Lipinski definition) is 0. The first-order chi connectivity index (χ1) is 14.0. The lowest BCUT2D eigenvalue weighted by molar-refractivity contribution is -0.116. The summed E-state index contributed by atoms with van der Waals surface area (Å²) in [6, 6.07) is 0. The molecule has 0 N–H and O–H groups in total. The lowest BCUT2D eigenvalue weighted by atomic mass is 9.85. The summed E-state index contributed by atoms with van der Waals surface area (Å²) in [5, 5.41) is 2.56. The second kappa shape index (κ2) is 6.66. The highest BCUT2D eigenvalue weighted by Crippen LogP contribution is 2.43. The Morgan fingerprint density at radius 3 is 1.60 bits per heavy atom. The van der Waals surface area contributed by atoms with Crippen molar-refractivity contribution in [3.63, 3.8) is 0 Å². The second-order valence-electron chi connectivity index (χ2n) is 9.10. The lowest BCUT2D eigenvalue weighted by Gasteiger charge is -2.18. The fourth-order valence-electron chi connectivity index (χ4n) is 5.73. The van der Waals surface area contributed by atoms with Gasteiger partial charge in [-0.3, -0.25) is 9.59 Å². The molecule has 0 bridgehead atoms. The van der Waals surface area contributed by atoms with Gasteiger partial charge in [-0.15, -0.1) is 0 Å². The molecule has 4 rings (SSSR count). The summed E-state index contributed by atoms with van der Waals surface area (Å²) < 4.78 is 2.34. The number of aromatic nitrogens is 1. The van der Waals surface area contributed by atoms with Gasteiger partial charge in [-0.25, -0.2) is 0 Å². The molecule has 3 nitrogen and oxygen atoms in total. The smallest absolute Gasteiger partial charge is 0.167 e. The van der Waals surface area contributed by atoms with Gasteiger partial charge in [-0.05, 0) is 105 Å². The fourth-order valence-corrected chi connectivity index (χ4v) is 5.73. The Balaban J connectivity index is 2.28. The number of rotatable bonds is 1. The van der Waals surface area contributed by atoms with Gasteiger partial charge >= 0.3 is 0 Å². The van der Waals surface area contributed by atoms with Gasteiger partial charge in [0.1, 0.15) is 0 Å². The Labute approximate surface area is 178 Å². The first kappa shape index (κ1) is 20.6. The van der Waals surface area contributed by atoms with Crippen LogP contribution in [0.25, 0.3) is 27.4 Å². The topological polar surface area (TPSA) is 39.1 Å². The third-order valence-electron chi connectivity index (χ3n) is 7.74. The number of nitrogens with zero attached hydrogens (tertiary/aromatic N) is 1. The number of allylic oxidation sites excluding steroid dienone is 2. The first-order valence-electron chi connectivity index (χ1n) is 10.8. The van der Waals surface area contributed by atoms with E-state index in [1.54, 1.807) is 0 Å². The lowest BCUT2D eigenvalue weighted by Crippen LogP contribution is -2.06. The zero-order valence-electron chi connectivity index (χ0n) is 19.7. The number of hydrogen-bond acceptors (Lipinski definition) is 2. The van der Waals surface area contributed by atoms with Gasteiger partial charge < -0.3 is 4.57 Å². The van der Waals surface area contributed by atoms with Crippen molar-refractivity contribution in [2.24, 2.45) is 7.05 Å².